The zero-order valence-corrected chi connectivity index (χ0v) is 27.0. The van der Waals surface area contributed by atoms with Gasteiger partial charge in [0.25, 0.3) is 11.8 Å². The van der Waals surface area contributed by atoms with Gasteiger partial charge >= 0.3 is 6.01 Å². The molecule has 5 heterocycles. The first-order valence-corrected chi connectivity index (χ1v) is 17.2. The van der Waals surface area contributed by atoms with E-state index in [0.717, 1.165) is 50.1 Å². The summed E-state index contributed by atoms with van der Waals surface area (Å²) in [6.07, 6.45) is 4.13. The van der Waals surface area contributed by atoms with E-state index in [1.54, 1.807) is 11.0 Å². The number of benzene rings is 1. The van der Waals surface area contributed by atoms with E-state index in [4.69, 9.17) is 4.74 Å². The molecule has 1 aromatic carbocycles. The van der Waals surface area contributed by atoms with E-state index in [-0.39, 0.29) is 48.3 Å². The molecule has 0 saturated carbocycles. The van der Waals surface area contributed by atoms with Crippen molar-refractivity contribution in [2.24, 2.45) is 0 Å². The number of carbonyl (C=O) groups is 2. The van der Waals surface area contributed by atoms with Gasteiger partial charge in [-0.2, -0.15) is 9.97 Å². The molecule has 2 aromatic heterocycles. The molecule has 2 amide bonds. The van der Waals surface area contributed by atoms with Crippen LogP contribution in [0.3, 0.4) is 0 Å². The molecule has 2 fully saturated rings. The lowest BCUT2D eigenvalue weighted by molar-refractivity contribution is -0.0139. The number of carbonyl (C=O) groups excluding carboxylic acids is 2. The minimum absolute atomic E-state index is 0.0105. The van der Waals surface area contributed by atoms with Crippen LogP contribution in [0.1, 0.15) is 77.2 Å². The Morgan fingerprint density at radius 1 is 0.978 bits per heavy atom. The van der Waals surface area contributed by atoms with Gasteiger partial charge in [-0.3, -0.25) is 14.5 Å². The highest BCUT2D eigenvalue weighted by Crippen LogP contribution is 2.27. The Balaban J connectivity index is 1.12. The second kappa shape index (κ2) is 14.3. The van der Waals surface area contributed by atoms with E-state index in [2.05, 4.69) is 58.3 Å². The zero-order chi connectivity index (χ0) is 31.3. The van der Waals surface area contributed by atoms with Crippen molar-refractivity contribution in [1.82, 2.24) is 24.7 Å². The second-order valence-electron chi connectivity index (χ2n) is 12.3. The van der Waals surface area contributed by atoms with Crippen LogP contribution in [0.5, 0.6) is 6.01 Å². The molecule has 3 aromatic rings. The molecule has 240 valence electrons. The third-order valence-corrected chi connectivity index (χ3v) is 10.3. The number of rotatable bonds is 9. The molecule has 0 unspecified atom stereocenters. The highest BCUT2D eigenvalue weighted by atomic mass is 32.1. The second-order valence-corrected chi connectivity index (χ2v) is 13.3. The van der Waals surface area contributed by atoms with Crippen LogP contribution in [-0.4, -0.2) is 98.6 Å². The van der Waals surface area contributed by atoms with Crippen molar-refractivity contribution in [3.63, 3.8) is 0 Å². The van der Waals surface area contributed by atoms with Gasteiger partial charge in [0, 0.05) is 57.4 Å². The van der Waals surface area contributed by atoms with Crippen molar-refractivity contribution in [3.05, 3.63) is 69.5 Å². The van der Waals surface area contributed by atoms with Gasteiger partial charge in [-0.05, 0) is 61.1 Å². The molecule has 0 bridgehead atoms. The molecular formula is C34H44N6O4S. The number of nitrogens with zero attached hydrogens (tertiary/aromatic N) is 5. The fourth-order valence-corrected chi connectivity index (χ4v) is 7.44. The van der Waals surface area contributed by atoms with Crippen LogP contribution >= 0.6 is 11.3 Å². The number of aromatic nitrogens is 2. The maximum absolute atomic E-state index is 13.8. The van der Waals surface area contributed by atoms with E-state index in [1.165, 1.54) is 22.5 Å². The van der Waals surface area contributed by atoms with Crippen molar-refractivity contribution in [1.29, 1.82) is 0 Å². The number of hydrogen-bond acceptors (Lipinski definition) is 9. The third-order valence-electron chi connectivity index (χ3n) is 9.44. The van der Waals surface area contributed by atoms with E-state index >= 15 is 0 Å². The average Bonchev–Trinajstić information content (AvgIpc) is 3.62. The molecule has 3 aliphatic rings. The number of aliphatic hydroxyl groups is 1. The molecule has 10 nitrogen and oxygen atoms in total. The van der Waals surface area contributed by atoms with Crippen LogP contribution in [-0.2, 0) is 13.0 Å². The largest absolute Gasteiger partial charge is 0.460 e. The van der Waals surface area contributed by atoms with Crippen molar-refractivity contribution in [2.75, 3.05) is 38.0 Å². The van der Waals surface area contributed by atoms with Crippen LogP contribution in [0.4, 0.5) is 5.82 Å². The van der Waals surface area contributed by atoms with E-state index in [1.807, 2.05) is 22.4 Å². The Hall–Kier alpha value is -3.54. The molecule has 0 aliphatic carbocycles. The maximum Gasteiger partial charge on any atom is 0.319 e. The first kappa shape index (κ1) is 31.4. The van der Waals surface area contributed by atoms with Crippen LogP contribution in [0.15, 0.2) is 47.8 Å². The van der Waals surface area contributed by atoms with Gasteiger partial charge in [0.2, 0.25) is 0 Å². The van der Waals surface area contributed by atoms with Crippen molar-refractivity contribution in [3.8, 4) is 6.01 Å². The first-order chi connectivity index (χ1) is 21.9. The van der Waals surface area contributed by atoms with Gasteiger partial charge in [0.05, 0.1) is 11.0 Å². The summed E-state index contributed by atoms with van der Waals surface area (Å²) in [6.45, 7) is 7.95. The van der Waals surface area contributed by atoms with Crippen molar-refractivity contribution < 1.29 is 19.4 Å². The highest BCUT2D eigenvalue weighted by Gasteiger charge is 2.36. The monoisotopic (exact) mass is 632 g/mol. The zero-order valence-electron chi connectivity index (χ0n) is 26.2. The third kappa shape index (κ3) is 7.31. The summed E-state index contributed by atoms with van der Waals surface area (Å²) < 4.78 is 6.12. The predicted octanol–water partition coefficient (Wildman–Crippen LogP) is 4.46. The number of amides is 2. The maximum atomic E-state index is 13.8. The number of anilines is 1. The number of nitrogens with one attached hydrogen (secondary N) is 1. The van der Waals surface area contributed by atoms with Gasteiger partial charge in [0.1, 0.15) is 17.6 Å². The summed E-state index contributed by atoms with van der Waals surface area (Å²) in [4.78, 5) is 42.6. The number of piperidine rings is 2. The molecule has 2 N–H and O–H groups in total. The SMILES string of the molecule is CCC(CC)Oc1nc(NC2CCN(C(=O)c3cccs3)CC2)cc(C(=O)N2CC[C@@H](N3CCc4ccccc4C3)[C@H](O)C2)n1. The normalized spacial score (nSPS) is 21.1. The van der Waals surface area contributed by atoms with Crippen LogP contribution in [0.2, 0.25) is 0 Å². The highest BCUT2D eigenvalue weighted by molar-refractivity contribution is 7.12. The Bertz CT molecular complexity index is 1460. The Labute approximate surface area is 269 Å². The molecule has 0 radical (unpaired) electrons. The fraction of sp³-hybridized carbons (Fsp3) is 0.529. The first-order valence-electron chi connectivity index (χ1n) is 16.3. The van der Waals surface area contributed by atoms with E-state index in [0.29, 0.717) is 31.9 Å². The van der Waals surface area contributed by atoms with Crippen LogP contribution in [0, 0.1) is 0 Å². The topological polar surface area (TPSA) is 111 Å². The minimum Gasteiger partial charge on any atom is -0.460 e. The summed E-state index contributed by atoms with van der Waals surface area (Å²) in [5.74, 6) is 0.391. The Morgan fingerprint density at radius 3 is 2.44 bits per heavy atom. The number of ether oxygens (including phenoxy) is 1. The minimum atomic E-state index is -0.644. The molecule has 6 rings (SSSR count). The Kier molecular flexibility index (Phi) is 9.97. The number of hydrogen-bond donors (Lipinski definition) is 2. The van der Waals surface area contributed by atoms with Gasteiger partial charge in [-0.1, -0.05) is 44.2 Å². The van der Waals surface area contributed by atoms with Gasteiger partial charge in [0.15, 0.2) is 0 Å². The molecule has 0 spiro atoms. The standard InChI is InChI=1S/C34H44N6O4S/c1-3-26(4-2)44-34-36-27(20-31(37-34)35-25-12-16-38(17-13-25)33(43)30-10-7-19-45-30)32(42)40-18-14-28(29(41)22-40)39-15-11-23-8-5-6-9-24(23)21-39/h5-10,19-20,25-26,28-29,41H,3-4,11-18,21-22H2,1-2H3,(H,35,36,37)/t28-,29-/m1/s1. The quantitative estimate of drug-likeness (QED) is 0.356. The van der Waals surface area contributed by atoms with Crippen molar-refractivity contribution in [2.45, 2.75) is 83.2 Å². The summed E-state index contributed by atoms with van der Waals surface area (Å²) >= 11 is 1.47. The fourth-order valence-electron chi connectivity index (χ4n) is 6.75. The summed E-state index contributed by atoms with van der Waals surface area (Å²) in [5.41, 5.74) is 2.96. The number of thiophene rings is 1. The lowest BCUT2D eigenvalue weighted by Crippen LogP contribution is -2.56. The van der Waals surface area contributed by atoms with Gasteiger partial charge in [-0.25, -0.2) is 0 Å². The molecule has 2 saturated heterocycles. The molecule has 2 atom stereocenters. The number of aliphatic hydroxyl groups excluding tert-OH is 1. The van der Waals surface area contributed by atoms with E-state index in [9.17, 15) is 14.7 Å². The van der Waals surface area contributed by atoms with Crippen LogP contribution < -0.4 is 10.1 Å². The molecule has 45 heavy (non-hydrogen) atoms. The molecular weight excluding hydrogens is 588 g/mol. The average molecular weight is 633 g/mol. The number of likely N-dealkylation sites (tertiary alicyclic amines) is 2. The summed E-state index contributed by atoms with van der Waals surface area (Å²) in [6, 6.07) is 14.3. The summed E-state index contributed by atoms with van der Waals surface area (Å²) in [7, 11) is 0. The Morgan fingerprint density at radius 2 is 1.73 bits per heavy atom. The van der Waals surface area contributed by atoms with Crippen LogP contribution in [0.25, 0.3) is 0 Å². The lowest BCUT2D eigenvalue weighted by Gasteiger charge is -2.43. The van der Waals surface area contributed by atoms with Gasteiger partial charge < -0.3 is 25.0 Å². The summed E-state index contributed by atoms with van der Waals surface area (Å²) in [5, 5.41) is 16.7. The van der Waals surface area contributed by atoms with Gasteiger partial charge in [-0.15, -0.1) is 11.3 Å². The predicted molar refractivity (Wildman–Crippen MR) is 175 cm³/mol. The molecule has 11 heteroatoms. The van der Waals surface area contributed by atoms with E-state index < -0.39 is 6.10 Å². The smallest absolute Gasteiger partial charge is 0.319 e. The number of β-amino-alcohol motifs (C(OH)–C–C–N with tert-alkyl or cyclic N) is 1. The number of fused-ring (bicyclic) bond motifs is 1. The lowest BCUT2D eigenvalue weighted by atomic mass is 9.94. The van der Waals surface area contributed by atoms with Crippen molar-refractivity contribution >= 4 is 29.0 Å². The molecule has 3 aliphatic heterocycles.